The maximum absolute atomic E-state index is 14.0. The Balaban J connectivity index is 0.916. The number of hydrogen-bond donors (Lipinski definition) is 9. The van der Waals surface area contributed by atoms with Gasteiger partial charge in [0, 0.05) is 89.2 Å². The molecular weight excluding hydrogens is 1040 g/mol. The number of rotatable bonds is 22. The Hall–Kier alpha value is -5.92. The van der Waals surface area contributed by atoms with Crippen LogP contribution in [0.2, 0.25) is 0 Å². The van der Waals surface area contributed by atoms with E-state index < -0.39 is 35.1 Å². The van der Waals surface area contributed by atoms with Gasteiger partial charge in [-0.25, -0.2) is 0 Å². The van der Waals surface area contributed by atoms with Crippen molar-refractivity contribution >= 4 is 17.5 Å². The summed E-state index contributed by atoms with van der Waals surface area (Å²) in [7, 11) is 3.35. The first-order chi connectivity index (χ1) is 39.9. The molecule has 0 spiro atoms. The summed E-state index contributed by atoms with van der Waals surface area (Å²) >= 11 is 0. The lowest BCUT2D eigenvalue weighted by molar-refractivity contribution is -0.157. The van der Waals surface area contributed by atoms with Crippen molar-refractivity contribution in [1.29, 1.82) is 0 Å². The van der Waals surface area contributed by atoms with E-state index in [0.717, 1.165) is 66.3 Å². The van der Waals surface area contributed by atoms with E-state index >= 15 is 0 Å². The van der Waals surface area contributed by atoms with Crippen LogP contribution in [0.25, 0.3) is 11.1 Å². The topological polar surface area (TPSA) is 241 Å². The first-order valence-corrected chi connectivity index (χ1v) is 30.2. The number of nitrogens with one attached hydrogen (secondary N) is 3. The normalized spacial score (nSPS) is 27.8. The molecule has 17 nitrogen and oxygen atoms in total. The van der Waals surface area contributed by atoms with Crippen LogP contribution >= 0.6 is 0 Å². The second kappa shape index (κ2) is 23.3. The number of aliphatic hydroxyl groups excluding tert-OH is 5. The van der Waals surface area contributed by atoms with Gasteiger partial charge in [0.1, 0.15) is 30.6 Å². The smallest absolute Gasteiger partial charge is 0.254 e. The van der Waals surface area contributed by atoms with Crippen molar-refractivity contribution in [2.24, 2.45) is 35.5 Å². The fourth-order valence-electron chi connectivity index (χ4n) is 17.3. The highest BCUT2D eigenvalue weighted by molar-refractivity contribution is 6.13. The van der Waals surface area contributed by atoms with E-state index in [1.807, 2.05) is 26.1 Å². The number of aromatic hydroxyl groups is 1. The Morgan fingerprint density at radius 3 is 2.39 bits per heavy atom. The van der Waals surface area contributed by atoms with Gasteiger partial charge in [-0.05, 0) is 148 Å². The summed E-state index contributed by atoms with van der Waals surface area (Å²) in [5.74, 6) is 0.180. The molecule has 3 aliphatic heterocycles. The predicted molar refractivity (Wildman–Crippen MR) is 307 cm³/mol. The molecule has 4 aromatic carbocycles. The van der Waals surface area contributed by atoms with Crippen molar-refractivity contribution in [2.45, 2.75) is 126 Å². The minimum absolute atomic E-state index is 0.00928. The zero-order valence-electron chi connectivity index (χ0n) is 47.6. The van der Waals surface area contributed by atoms with Gasteiger partial charge >= 0.3 is 0 Å². The maximum atomic E-state index is 14.0. The van der Waals surface area contributed by atoms with Crippen molar-refractivity contribution in [3.63, 3.8) is 0 Å². The van der Waals surface area contributed by atoms with Crippen LogP contribution in [0.15, 0.2) is 60.7 Å². The number of imide groups is 1. The lowest BCUT2D eigenvalue weighted by Crippen LogP contribution is -2.65. The van der Waals surface area contributed by atoms with Crippen molar-refractivity contribution < 1.29 is 63.9 Å². The number of anilines is 1. The number of amides is 2. The molecule has 0 radical (unpaired) electrons. The molecule has 5 aliphatic carbocycles. The van der Waals surface area contributed by atoms with Gasteiger partial charge < -0.3 is 65.0 Å². The third kappa shape index (κ3) is 9.32. The molecular formula is C65H82N4O13. The monoisotopic (exact) mass is 1130 g/mol. The van der Waals surface area contributed by atoms with E-state index in [2.05, 4.69) is 40.2 Å². The summed E-state index contributed by atoms with van der Waals surface area (Å²) in [6.07, 6.45) is 10.3. The summed E-state index contributed by atoms with van der Waals surface area (Å²) in [6, 6.07) is 15.8. The average Bonchev–Trinajstić information content (AvgIpc) is 1.12. The van der Waals surface area contributed by atoms with Gasteiger partial charge in [-0.2, -0.15) is 0 Å². The van der Waals surface area contributed by atoms with Crippen LogP contribution in [0.4, 0.5) is 5.69 Å². The van der Waals surface area contributed by atoms with E-state index in [4.69, 9.17) is 23.7 Å². The van der Waals surface area contributed by atoms with Crippen LogP contribution in [-0.2, 0) is 27.8 Å². The Kier molecular flexibility index (Phi) is 16.0. The molecule has 3 fully saturated rings. The molecule has 11 atom stereocenters. The molecule has 0 saturated heterocycles. The summed E-state index contributed by atoms with van der Waals surface area (Å²) in [6.45, 7) is 3.79. The fraction of sp³-hybridized carbons (Fsp3) is 0.569. The third-order valence-corrected chi connectivity index (χ3v) is 20.8. The van der Waals surface area contributed by atoms with Gasteiger partial charge in [-0.15, -0.1) is 0 Å². The molecule has 2 bridgehead atoms. The first kappa shape index (κ1) is 56.6. The number of aliphatic hydroxyl groups is 5. The highest BCUT2D eigenvalue weighted by atomic mass is 16.5. The van der Waals surface area contributed by atoms with Gasteiger partial charge in [0.2, 0.25) is 5.75 Å². The molecule has 3 heterocycles. The van der Waals surface area contributed by atoms with E-state index in [-0.39, 0.29) is 104 Å². The zero-order chi connectivity index (χ0) is 57.0. The second-order valence-electron chi connectivity index (χ2n) is 24.5. The van der Waals surface area contributed by atoms with Crippen LogP contribution in [0.3, 0.4) is 0 Å². The van der Waals surface area contributed by atoms with E-state index in [1.165, 1.54) is 24.8 Å². The summed E-state index contributed by atoms with van der Waals surface area (Å²) < 4.78 is 32.1. The van der Waals surface area contributed by atoms with Gasteiger partial charge in [-0.1, -0.05) is 50.5 Å². The number of benzene rings is 4. The number of fused-ring (bicyclic) bond motifs is 6. The highest BCUT2D eigenvalue weighted by Gasteiger charge is 2.65. The number of carbonyl (C=O) groups is 2. The Morgan fingerprint density at radius 1 is 0.866 bits per heavy atom. The molecule has 9 N–H and O–H groups in total. The van der Waals surface area contributed by atoms with Crippen molar-refractivity contribution in [3.05, 3.63) is 99.6 Å². The number of likely N-dealkylation sites (N-methyl/N-ethyl adjacent to an activating group) is 1. The lowest BCUT2D eigenvalue weighted by atomic mass is 9.40. The quantitative estimate of drug-likeness (QED) is 0.0211. The van der Waals surface area contributed by atoms with E-state index in [9.17, 15) is 40.2 Å². The molecule has 3 saturated carbocycles. The lowest BCUT2D eigenvalue weighted by Gasteiger charge is -2.66. The van der Waals surface area contributed by atoms with Gasteiger partial charge in [-0.3, -0.25) is 19.8 Å². The molecule has 4 aromatic rings. The SMILES string of the molecule is CCNCOc1cc(OCCNC)c2c3c1[C@@H](O)Nc1cc4c(c(c1-3)CC2)[C@@H](O)[C@H](c1cc(OC)c(O)c(OC[C@H](CO)[C@]23C[C@H](C5(N6C(=O)C=CC6=O)CCCCC5)C[C@H]5[C@H]([C@H](CO)CCCO)C[C@H](C[C@H]52)c2ccccc23)c1)CO4. The Labute approximate surface area is 480 Å². The van der Waals surface area contributed by atoms with Crippen molar-refractivity contribution in [2.75, 3.05) is 78.9 Å². The molecule has 8 aliphatic rings. The fourth-order valence-corrected chi connectivity index (χ4v) is 17.3. The zero-order valence-corrected chi connectivity index (χ0v) is 47.6. The maximum Gasteiger partial charge on any atom is 0.254 e. The Bertz CT molecular complexity index is 3070. The Morgan fingerprint density at radius 2 is 1.65 bits per heavy atom. The van der Waals surface area contributed by atoms with E-state index in [1.54, 1.807) is 17.0 Å². The molecule has 82 heavy (non-hydrogen) atoms. The minimum Gasteiger partial charge on any atom is -0.502 e. The molecule has 0 aromatic heterocycles. The van der Waals surface area contributed by atoms with Gasteiger partial charge in [0.15, 0.2) is 17.7 Å². The number of ether oxygens (including phenoxy) is 5. The van der Waals surface area contributed by atoms with Crippen LogP contribution in [0.1, 0.15) is 141 Å². The molecule has 12 rings (SSSR count). The minimum atomic E-state index is -1.09. The molecule has 0 unspecified atom stereocenters. The summed E-state index contributed by atoms with van der Waals surface area (Å²) in [4.78, 5) is 29.6. The molecule has 2 amide bonds. The highest BCUT2D eigenvalue weighted by Crippen LogP contribution is 2.69. The summed E-state index contributed by atoms with van der Waals surface area (Å²) in [5, 5.41) is 79.8. The molecule has 440 valence electrons. The molecule has 17 heteroatoms. The number of phenolic OH excluding ortho intramolecular Hbond substituents is 1. The summed E-state index contributed by atoms with van der Waals surface area (Å²) in [5.41, 5.74) is 6.96. The van der Waals surface area contributed by atoms with E-state index in [0.29, 0.717) is 104 Å². The number of nitrogens with zero attached hydrogens (tertiary/aromatic N) is 1. The third-order valence-electron chi connectivity index (χ3n) is 20.8. The van der Waals surface area contributed by atoms with Gasteiger partial charge in [0.25, 0.3) is 11.8 Å². The number of phenols is 1. The van der Waals surface area contributed by atoms with Gasteiger partial charge in [0.05, 0.1) is 44.1 Å². The van der Waals surface area contributed by atoms with Crippen molar-refractivity contribution in [3.8, 4) is 45.6 Å². The van der Waals surface area contributed by atoms with Crippen LogP contribution < -0.4 is 39.6 Å². The van der Waals surface area contributed by atoms with Crippen LogP contribution in [-0.4, -0.2) is 127 Å². The second-order valence-corrected chi connectivity index (χ2v) is 24.5. The largest absolute Gasteiger partial charge is 0.502 e. The first-order valence-electron chi connectivity index (χ1n) is 30.2. The average molecular weight is 1130 g/mol. The van der Waals surface area contributed by atoms with Crippen LogP contribution in [0, 0.1) is 35.5 Å². The number of methoxy groups -OCH3 is 1. The number of carbonyl (C=O) groups excluding carboxylic acids is 2. The van der Waals surface area contributed by atoms with Crippen LogP contribution in [0.5, 0.6) is 34.5 Å². The standard InChI is InChI=1S/C65H82N4O13/c1-4-67-35-82-52-29-50(79-22-20-66-2)42-14-15-43-57-49(68-63(77)60(52)59(42)57)28-51-58(43)61(75)46(34-81-51)38-25-53(78-3)62(76)54(26-38)80-33-40(32-72)65-30-39(64(18-8-5-9-19-64)69-55(73)16-17-56(69)74)27-45-44(36(31-71)11-10-21-70)23-37(24-48(45)65)41-12-6-7-13-47(41)65/h6-7,12-13,16-17,25-26,28-29,36-37,39-40,44-46,48,61,63,66-68,70-72,75-77H,4-5,8-11,14-15,18-24,27,30-35H2,1-3H3/t36-,37+,39+,40-,44-,45-,46-,48+,61-,63+,65-/m0/s1. The predicted octanol–water partition coefficient (Wildman–Crippen LogP) is 7.42. The number of hydrogen-bond acceptors (Lipinski definition) is 16. The van der Waals surface area contributed by atoms with Crippen molar-refractivity contribution in [1.82, 2.24) is 15.5 Å².